The fourth-order valence-corrected chi connectivity index (χ4v) is 1.97. The molecule has 0 fully saturated rings. The van der Waals surface area contributed by atoms with E-state index in [0.717, 1.165) is 31.4 Å². The molecule has 0 saturated carbocycles. The molecule has 1 unspecified atom stereocenters. The van der Waals surface area contributed by atoms with Crippen molar-refractivity contribution in [1.29, 1.82) is 0 Å². The van der Waals surface area contributed by atoms with Crippen LogP contribution in [0.3, 0.4) is 0 Å². The van der Waals surface area contributed by atoms with E-state index in [4.69, 9.17) is 0 Å². The number of hydrogen-bond donors (Lipinski definition) is 2. The average Bonchev–Trinajstić information content (AvgIpc) is 2.31. The van der Waals surface area contributed by atoms with Crippen molar-refractivity contribution in [2.24, 2.45) is 0 Å². The number of nitrogens with one attached hydrogen (secondary N) is 1. The van der Waals surface area contributed by atoms with Crippen molar-refractivity contribution in [3.8, 4) is 0 Å². The van der Waals surface area contributed by atoms with Crippen LogP contribution in [0.2, 0.25) is 0 Å². The predicted octanol–water partition coefficient (Wildman–Crippen LogP) is 2.67. The fraction of sp³-hybridized carbons (Fsp3) is 0.571. The third kappa shape index (κ3) is 3.62. The summed E-state index contributed by atoms with van der Waals surface area (Å²) in [4.78, 5) is 0. The lowest BCUT2D eigenvalue weighted by molar-refractivity contribution is 0.0272. The summed E-state index contributed by atoms with van der Waals surface area (Å²) >= 11 is 0. The lowest BCUT2D eigenvalue weighted by Gasteiger charge is -2.28. The predicted molar refractivity (Wildman–Crippen MR) is 68.4 cm³/mol. The molecule has 0 radical (unpaired) electrons. The topological polar surface area (TPSA) is 32.3 Å². The van der Waals surface area contributed by atoms with E-state index in [1.807, 2.05) is 30.3 Å². The van der Waals surface area contributed by atoms with Crippen LogP contribution in [0.25, 0.3) is 0 Å². The Kier molecular flexibility index (Phi) is 5.50. The molecule has 90 valence electrons. The van der Waals surface area contributed by atoms with Crippen molar-refractivity contribution in [2.75, 3.05) is 13.1 Å². The van der Waals surface area contributed by atoms with E-state index in [1.165, 1.54) is 0 Å². The molecular weight excluding hydrogens is 198 g/mol. The van der Waals surface area contributed by atoms with Crippen LogP contribution in [-0.2, 0) is 5.60 Å². The second-order valence-corrected chi connectivity index (χ2v) is 4.32. The minimum absolute atomic E-state index is 0.638. The van der Waals surface area contributed by atoms with Gasteiger partial charge in [-0.1, -0.05) is 50.6 Å². The van der Waals surface area contributed by atoms with Crippen molar-refractivity contribution in [3.63, 3.8) is 0 Å². The van der Waals surface area contributed by atoms with Crippen LogP contribution < -0.4 is 5.32 Å². The summed E-state index contributed by atoms with van der Waals surface area (Å²) in [5.74, 6) is 0. The Hall–Kier alpha value is -0.860. The molecule has 0 saturated heterocycles. The molecule has 0 heterocycles. The summed E-state index contributed by atoms with van der Waals surface area (Å²) in [6, 6.07) is 9.95. The van der Waals surface area contributed by atoms with Gasteiger partial charge >= 0.3 is 0 Å². The zero-order valence-corrected chi connectivity index (χ0v) is 10.4. The first-order valence-corrected chi connectivity index (χ1v) is 6.21. The molecule has 2 N–H and O–H groups in total. The summed E-state index contributed by atoms with van der Waals surface area (Å²) in [6.45, 7) is 5.83. The van der Waals surface area contributed by atoms with Crippen LogP contribution in [0.5, 0.6) is 0 Å². The third-order valence-corrected chi connectivity index (χ3v) is 2.82. The minimum Gasteiger partial charge on any atom is -0.384 e. The molecule has 0 bridgehead atoms. The van der Waals surface area contributed by atoms with Gasteiger partial charge in [-0.3, -0.25) is 0 Å². The average molecular weight is 221 g/mol. The highest BCUT2D eigenvalue weighted by molar-refractivity contribution is 5.22. The molecule has 0 spiro atoms. The van der Waals surface area contributed by atoms with Crippen molar-refractivity contribution < 1.29 is 5.11 Å². The second-order valence-electron chi connectivity index (χ2n) is 4.32. The molecule has 16 heavy (non-hydrogen) atoms. The SMILES string of the molecule is CCCNCC(O)(CCC)c1ccccc1. The molecule has 1 rings (SSSR count). The maximum Gasteiger partial charge on any atom is 0.102 e. The van der Waals surface area contributed by atoms with Crippen LogP contribution in [-0.4, -0.2) is 18.2 Å². The molecule has 1 atom stereocenters. The third-order valence-electron chi connectivity index (χ3n) is 2.82. The smallest absolute Gasteiger partial charge is 0.102 e. The van der Waals surface area contributed by atoms with Crippen molar-refractivity contribution in [3.05, 3.63) is 35.9 Å². The Bertz CT molecular complexity index is 286. The van der Waals surface area contributed by atoms with Crippen LogP contribution in [0.1, 0.15) is 38.7 Å². The van der Waals surface area contributed by atoms with E-state index in [-0.39, 0.29) is 0 Å². The van der Waals surface area contributed by atoms with E-state index in [0.29, 0.717) is 6.54 Å². The number of rotatable bonds is 7. The molecule has 1 aromatic carbocycles. The molecule has 2 nitrogen and oxygen atoms in total. The van der Waals surface area contributed by atoms with Gasteiger partial charge in [-0.2, -0.15) is 0 Å². The van der Waals surface area contributed by atoms with E-state index in [1.54, 1.807) is 0 Å². The maximum absolute atomic E-state index is 10.6. The standard InChI is InChI=1S/C14H23NO/c1-3-10-14(16,12-15-11-4-2)13-8-6-5-7-9-13/h5-9,15-16H,3-4,10-12H2,1-2H3. The first kappa shape index (κ1) is 13.2. The highest BCUT2D eigenvalue weighted by Crippen LogP contribution is 2.25. The van der Waals surface area contributed by atoms with Gasteiger partial charge in [0.2, 0.25) is 0 Å². The molecule has 2 heteroatoms. The monoisotopic (exact) mass is 221 g/mol. The molecular formula is C14H23NO. The van der Waals surface area contributed by atoms with Gasteiger partial charge in [0.05, 0.1) is 0 Å². The first-order valence-electron chi connectivity index (χ1n) is 6.21. The summed E-state index contributed by atoms with van der Waals surface area (Å²) in [5, 5.41) is 14.0. The van der Waals surface area contributed by atoms with Gasteiger partial charge in [0.25, 0.3) is 0 Å². The second kappa shape index (κ2) is 6.66. The Morgan fingerprint density at radius 1 is 1.12 bits per heavy atom. The molecule has 1 aromatic rings. The van der Waals surface area contributed by atoms with Crippen LogP contribution in [0.15, 0.2) is 30.3 Å². The maximum atomic E-state index is 10.6. The Labute approximate surface area is 98.7 Å². The molecule has 0 aromatic heterocycles. The van der Waals surface area contributed by atoms with Crippen LogP contribution in [0.4, 0.5) is 0 Å². The van der Waals surface area contributed by atoms with Crippen LogP contribution in [0, 0.1) is 0 Å². The Balaban J connectivity index is 2.71. The minimum atomic E-state index is -0.717. The van der Waals surface area contributed by atoms with Gasteiger partial charge in [0.15, 0.2) is 0 Å². The molecule has 0 aliphatic carbocycles. The van der Waals surface area contributed by atoms with Gasteiger partial charge in [0.1, 0.15) is 5.60 Å². The fourth-order valence-electron chi connectivity index (χ4n) is 1.97. The van der Waals surface area contributed by atoms with Gasteiger partial charge in [-0.15, -0.1) is 0 Å². The van der Waals surface area contributed by atoms with Gasteiger partial charge in [-0.25, -0.2) is 0 Å². The van der Waals surface area contributed by atoms with Crippen molar-refractivity contribution >= 4 is 0 Å². The Morgan fingerprint density at radius 2 is 1.81 bits per heavy atom. The lowest BCUT2D eigenvalue weighted by Crippen LogP contribution is -2.38. The quantitative estimate of drug-likeness (QED) is 0.694. The molecule has 0 aliphatic rings. The van der Waals surface area contributed by atoms with E-state index in [2.05, 4.69) is 19.2 Å². The number of benzene rings is 1. The van der Waals surface area contributed by atoms with Crippen LogP contribution >= 0.6 is 0 Å². The summed E-state index contributed by atoms with van der Waals surface area (Å²) in [7, 11) is 0. The van der Waals surface area contributed by atoms with Crippen molar-refractivity contribution in [2.45, 2.75) is 38.7 Å². The first-order chi connectivity index (χ1) is 7.73. The lowest BCUT2D eigenvalue weighted by atomic mass is 9.89. The molecule has 0 amide bonds. The summed E-state index contributed by atoms with van der Waals surface area (Å²) in [5.41, 5.74) is 0.297. The summed E-state index contributed by atoms with van der Waals surface area (Å²) < 4.78 is 0. The highest BCUT2D eigenvalue weighted by atomic mass is 16.3. The normalized spacial score (nSPS) is 14.7. The van der Waals surface area contributed by atoms with E-state index < -0.39 is 5.60 Å². The van der Waals surface area contributed by atoms with Gasteiger partial charge in [0, 0.05) is 6.54 Å². The van der Waals surface area contributed by atoms with E-state index in [9.17, 15) is 5.11 Å². The highest BCUT2D eigenvalue weighted by Gasteiger charge is 2.27. The number of aliphatic hydroxyl groups is 1. The van der Waals surface area contributed by atoms with Gasteiger partial charge < -0.3 is 10.4 Å². The van der Waals surface area contributed by atoms with Crippen molar-refractivity contribution in [1.82, 2.24) is 5.32 Å². The van der Waals surface area contributed by atoms with Gasteiger partial charge in [-0.05, 0) is 24.9 Å². The molecule has 0 aliphatic heterocycles. The largest absolute Gasteiger partial charge is 0.384 e. The summed E-state index contributed by atoms with van der Waals surface area (Å²) in [6.07, 6.45) is 2.88. The number of hydrogen-bond acceptors (Lipinski definition) is 2. The zero-order chi connectivity index (χ0) is 11.9. The Morgan fingerprint density at radius 3 is 2.38 bits per heavy atom. The zero-order valence-electron chi connectivity index (χ0n) is 10.4. The van der Waals surface area contributed by atoms with E-state index >= 15 is 0 Å².